The van der Waals surface area contributed by atoms with E-state index in [9.17, 15) is 14.4 Å². The molecule has 0 aliphatic rings. The average molecular weight is 298 g/mol. The lowest BCUT2D eigenvalue weighted by Gasteiger charge is -2.20. The highest BCUT2D eigenvalue weighted by atomic mass is 16.5. The van der Waals surface area contributed by atoms with Gasteiger partial charge in [0.15, 0.2) is 0 Å². The molecule has 0 aliphatic carbocycles. The number of nitrogens with zero attached hydrogens (tertiary/aromatic N) is 1. The summed E-state index contributed by atoms with van der Waals surface area (Å²) in [6, 6.07) is 0. The van der Waals surface area contributed by atoms with Crippen molar-refractivity contribution >= 4 is 17.8 Å². The molecule has 120 valence electrons. The van der Waals surface area contributed by atoms with Gasteiger partial charge in [0.2, 0.25) is 11.8 Å². The Morgan fingerprint density at radius 2 is 1.95 bits per heavy atom. The molecular weight excluding hydrogens is 272 g/mol. The zero-order chi connectivity index (χ0) is 16.1. The van der Waals surface area contributed by atoms with E-state index < -0.39 is 5.97 Å². The van der Waals surface area contributed by atoms with E-state index in [1.807, 2.05) is 0 Å². The second-order valence-corrected chi connectivity index (χ2v) is 4.66. The molecule has 0 aliphatic heterocycles. The van der Waals surface area contributed by atoms with Gasteiger partial charge in [-0.25, -0.2) is 0 Å². The summed E-state index contributed by atoms with van der Waals surface area (Å²) in [5.41, 5.74) is 0. The minimum Gasteiger partial charge on any atom is -0.465 e. The number of unbranched alkanes of at least 4 members (excludes halogenated alkanes) is 2. The molecule has 0 aromatic carbocycles. The third kappa shape index (κ3) is 10.6. The molecule has 6 heteroatoms. The maximum absolute atomic E-state index is 12.0. The highest BCUT2D eigenvalue weighted by Crippen LogP contribution is 2.04. The number of carbonyl (C=O) groups excluding carboxylic acids is 3. The summed E-state index contributed by atoms with van der Waals surface area (Å²) in [4.78, 5) is 35.6. The highest BCUT2D eigenvalue weighted by molar-refractivity contribution is 5.82. The molecule has 0 radical (unpaired) electrons. The van der Waals surface area contributed by atoms with Crippen molar-refractivity contribution in [3.8, 4) is 0 Å². The summed E-state index contributed by atoms with van der Waals surface area (Å²) in [5, 5.41) is 2.71. The summed E-state index contributed by atoms with van der Waals surface area (Å²) in [5.74, 6) is -0.529. The van der Waals surface area contributed by atoms with Crippen LogP contribution < -0.4 is 5.32 Å². The van der Waals surface area contributed by atoms with Crippen LogP contribution in [-0.2, 0) is 19.1 Å². The maximum Gasteiger partial charge on any atom is 0.325 e. The quantitative estimate of drug-likeness (QED) is 0.354. The normalized spacial score (nSPS) is 9.81. The van der Waals surface area contributed by atoms with Gasteiger partial charge in [0.25, 0.3) is 0 Å². The third-order valence-electron chi connectivity index (χ3n) is 2.77. The van der Waals surface area contributed by atoms with Crippen LogP contribution in [0.5, 0.6) is 0 Å². The van der Waals surface area contributed by atoms with E-state index in [0.29, 0.717) is 26.1 Å². The largest absolute Gasteiger partial charge is 0.465 e. The smallest absolute Gasteiger partial charge is 0.325 e. The molecule has 0 fully saturated rings. The van der Waals surface area contributed by atoms with Gasteiger partial charge >= 0.3 is 5.97 Å². The Bertz CT molecular complexity index is 356. The number of esters is 1. The predicted octanol–water partition coefficient (Wildman–Crippen LogP) is 1.26. The molecule has 0 aromatic rings. The number of rotatable bonds is 11. The SMILES string of the molecule is C=CCN(CC(=O)OCC)C(=O)CCCCCNC(C)=O. The third-order valence-corrected chi connectivity index (χ3v) is 2.77. The van der Waals surface area contributed by atoms with E-state index >= 15 is 0 Å². The van der Waals surface area contributed by atoms with Crippen LogP contribution in [0.4, 0.5) is 0 Å². The summed E-state index contributed by atoms with van der Waals surface area (Å²) in [6.07, 6.45) is 4.40. The first-order valence-electron chi connectivity index (χ1n) is 7.30. The van der Waals surface area contributed by atoms with Crippen molar-refractivity contribution in [2.24, 2.45) is 0 Å². The summed E-state index contributed by atoms with van der Waals surface area (Å²) in [6.45, 7) is 8.03. The molecule has 0 atom stereocenters. The van der Waals surface area contributed by atoms with Crippen LogP contribution >= 0.6 is 0 Å². The fourth-order valence-electron chi connectivity index (χ4n) is 1.77. The van der Waals surface area contributed by atoms with Gasteiger partial charge in [-0.15, -0.1) is 6.58 Å². The molecule has 0 saturated carbocycles. The molecule has 0 spiro atoms. The van der Waals surface area contributed by atoms with Gasteiger partial charge in [0, 0.05) is 26.4 Å². The van der Waals surface area contributed by atoms with Crippen LogP contribution in [0.15, 0.2) is 12.7 Å². The van der Waals surface area contributed by atoms with Gasteiger partial charge in [0.1, 0.15) is 6.54 Å². The zero-order valence-corrected chi connectivity index (χ0v) is 13.0. The zero-order valence-electron chi connectivity index (χ0n) is 13.0. The van der Waals surface area contributed by atoms with Crippen LogP contribution in [0.2, 0.25) is 0 Å². The van der Waals surface area contributed by atoms with E-state index in [1.165, 1.54) is 11.8 Å². The molecule has 0 saturated heterocycles. The van der Waals surface area contributed by atoms with Gasteiger partial charge in [-0.1, -0.05) is 12.5 Å². The molecule has 0 bridgehead atoms. The number of hydrogen-bond acceptors (Lipinski definition) is 4. The number of amides is 2. The Hall–Kier alpha value is -1.85. The second-order valence-electron chi connectivity index (χ2n) is 4.66. The van der Waals surface area contributed by atoms with Gasteiger partial charge in [0.05, 0.1) is 6.61 Å². The molecule has 1 N–H and O–H groups in total. The van der Waals surface area contributed by atoms with Crippen molar-refractivity contribution in [2.75, 3.05) is 26.2 Å². The van der Waals surface area contributed by atoms with Crippen molar-refractivity contribution in [1.29, 1.82) is 0 Å². The minimum absolute atomic E-state index is 0.0371. The van der Waals surface area contributed by atoms with E-state index in [4.69, 9.17) is 4.74 Å². The Morgan fingerprint density at radius 1 is 1.24 bits per heavy atom. The van der Waals surface area contributed by atoms with Crippen LogP contribution in [0.3, 0.4) is 0 Å². The second kappa shape index (κ2) is 11.9. The molecule has 6 nitrogen and oxygen atoms in total. The molecule has 2 amide bonds. The Kier molecular flexibility index (Phi) is 10.9. The Labute approximate surface area is 126 Å². The maximum atomic E-state index is 12.0. The average Bonchev–Trinajstić information content (AvgIpc) is 2.42. The van der Waals surface area contributed by atoms with Gasteiger partial charge in [-0.05, 0) is 19.8 Å². The van der Waals surface area contributed by atoms with Crippen LogP contribution in [0, 0.1) is 0 Å². The van der Waals surface area contributed by atoms with Crippen molar-refractivity contribution in [1.82, 2.24) is 10.2 Å². The Balaban J connectivity index is 3.97. The molecular formula is C15H26N2O4. The molecule has 0 heterocycles. The topological polar surface area (TPSA) is 75.7 Å². The first-order chi connectivity index (χ1) is 10.0. The first kappa shape index (κ1) is 19.1. The van der Waals surface area contributed by atoms with Crippen molar-refractivity contribution < 1.29 is 19.1 Å². The van der Waals surface area contributed by atoms with Gasteiger partial charge < -0.3 is 15.0 Å². The van der Waals surface area contributed by atoms with Crippen molar-refractivity contribution in [3.05, 3.63) is 12.7 Å². The van der Waals surface area contributed by atoms with Crippen LogP contribution in [0.25, 0.3) is 0 Å². The first-order valence-corrected chi connectivity index (χ1v) is 7.30. The predicted molar refractivity (Wildman–Crippen MR) is 80.6 cm³/mol. The van der Waals surface area contributed by atoms with Crippen molar-refractivity contribution in [2.45, 2.75) is 39.5 Å². The molecule has 0 aromatic heterocycles. The van der Waals surface area contributed by atoms with E-state index in [1.54, 1.807) is 13.0 Å². The number of ether oxygens (including phenoxy) is 1. The van der Waals surface area contributed by atoms with Crippen LogP contribution in [-0.4, -0.2) is 48.9 Å². The molecule has 21 heavy (non-hydrogen) atoms. The summed E-state index contributed by atoms with van der Waals surface area (Å²) >= 11 is 0. The fraction of sp³-hybridized carbons (Fsp3) is 0.667. The number of hydrogen-bond donors (Lipinski definition) is 1. The highest BCUT2D eigenvalue weighted by Gasteiger charge is 2.16. The van der Waals surface area contributed by atoms with Gasteiger partial charge in [-0.3, -0.25) is 14.4 Å². The van der Waals surface area contributed by atoms with Crippen LogP contribution in [0.1, 0.15) is 39.5 Å². The summed E-state index contributed by atoms with van der Waals surface area (Å²) < 4.78 is 4.84. The molecule has 0 unspecified atom stereocenters. The standard InChI is InChI=1S/C15H26N2O4/c1-4-11-17(12-15(20)21-5-2)14(19)9-7-6-8-10-16-13(3)18/h4H,1,5-12H2,2-3H3,(H,16,18). The lowest BCUT2D eigenvalue weighted by Crippen LogP contribution is -2.36. The van der Waals surface area contributed by atoms with E-state index in [0.717, 1.165) is 19.3 Å². The fourth-order valence-corrected chi connectivity index (χ4v) is 1.77. The number of carbonyl (C=O) groups is 3. The minimum atomic E-state index is -0.404. The summed E-state index contributed by atoms with van der Waals surface area (Å²) in [7, 11) is 0. The number of nitrogens with one attached hydrogen (secondary N) is 1. The molecule has 0 rings (SSSR count). The lowest BCUT2D eigenvalue weighted by molar-refractivity contribution is -0.148. The monoisotopic (exact) mass is 298 g/mol. The van der Waals surface area contributed by atoms with Crippen molar-refractivity contribution in [3.63, 3.8) is 0 Å². The van der Waals surface area contributed by atoms with Gasteiger partial charge in [-0.2, -0.15) is 0 Å². The van der Waals surface area contributed by atoms with E-state index in [-0.39, 0.29) is 18.4 Å². The Morgan fingerprint density at radius 3 is 2.52 bits per heavy atom. The lowest BCUT2D eigenvalue weighted by atomic mass is 10.1. The van der Waals surface area contributed by atoms with E-state index in [2.05, 4.69) is 11.9 Å².